The van der Waals surface area contributed by atoms with Crippen molar-refractivity contribution in [1.82, 2.24) is 5.32 Å². The number of carbonyl (C=O) groups is 1. The second-order valence-electron chi connectivity index (χ2n) is 4.56. The molecule has 3 N–H and O–H groups in total. The number of hydrogen-bond acceptors (Lipinski definition) is 3. The summed E-state index contributed by atoms with van der Waals surface area (Å²) >= 11 is 0. The van der Waals surface area contributed by atoms with E-state index in [-0.39, 0.29) is 17.5 Å². The van der Waals surface area contributed by atoms with E-state index in [1.807, 2.05) is 0 Å². The fourth-order valence-electron chi connectivity index (χ4n) is 1.95. The summed E-state index contributed by atoms with van der Waals surface area (Å²) in [5, 5.41) is 2.82. The van der Waals surface area contributed by atoms with Gasteiger partial charge < -0.3 is 15.8 Å². The van der Waals surface area contributed by atoms with Crippen molar-refractivity contribution >= 4 is 11.6 Å². The molecule has 0 radical (unpaired) electrons. The van der Waals surface area contributed by atoms with Crippen LogP contribution in [0.5, 0.6) is 0 Å². The van der Waals surface area contributed by atoms with Crippen molar-refractivity contribution in [2.45, 2.75) is 25.8 Å². The van der Waals surface area contributed by atoms with Crippen molar-refractivity contribution in [2.24, 2.45) is 0 Å². The fraction of sp³-hybridized carbons (Fsp3) is 0.462. The average Bonchev–Trinajstić information content (AvgIpc) is 2.36. The van der Waals surface area contributed by atoms with E-state index in [4.69, 9.17) is 10.5 Å². The normalized spacial score (nSPS) is 19.6. The van der Waals surface area contributed by atoms with Crippen LogP contribution in [-0.2, 0) is 4.74 Å². The van der Waals surface area contributed by atoms with Crippen LogP contribution in [0.15, 0.2) is 12.1 Å². The number of ether oxygens (including phenoxy) is 1. The lowest BCUT2D eigenvalue weighted by Gasteiger charge is -2.23. The molecule has 1 unspecified atom stereocenters. The van der Waals surface area contributed by atoms with Crippen molar-refractivity contribution in [3.8, 4) is 0 Å². The Morgan fingerprint density at radius 3 is 2.94 bits per heavy atom. The summed E-state index contributed by atoms with van der Waals surface area (Å²) < 4.78 is 18.8. The van der Waals surface area contributed by atoms with Gasteiger partial charge in [0.15, 0.2) is 0 Å². The predicted octanol–water partition coefficient (Wildman–Crippen LogP) is 1.63. The molecule has 1 aromatic carbocycles. The third-order valence-corrected chi connectivity index (χ3v) is 3.14. The van der Waals surface area contributed by atoms with Crippen molar-refractivity contribution in [2.75, 3.05) is 18.9 Å². The van der Waals surface area contributed by atoms with Gasteiger partial charge >= 0.3 is 0 Å². The number of halogens is 1. The van der Waals surface area contributed by atoms with Crippen molar-refractivity contribution < 1.29 is 13.9 Å². The van der Waals surface area contributed by atoms with E-state index in [0.29, 0.717) is 17.9 Å². The summed E-state index contributed by atoms with van der Waals surface area (Å²) in [5.74, 6) is -0.767. The predicted molar refractivity (Wildman–Crippen MR) is 66.9 cm³/mol. The summed E-state index contributed by atoms with van der Waals surface area (Å²) in [4.78, 5) is 11.9. The SMILES string of the molecule is Cc1c(N)cc(C(=O)NC2CCCOC2)cc1F. The molecule has 4 nitrogen and oxygen atoms in total. The van der Waals surface area contributed by atoms with Crippen LogP contribution >= 0.6 is 0 Å². The number of rotatable bonds is 2. The highest BCUT2D eigenvalue weighted by molar-refractivity contribution is 5.95. The van der Waals surface area contributed by atoms with Crippen LogP contribution in [0.2, 0.25) is 0 Å². The molecule has 0 aliphatic carbocycles. The molecule has 1 saturated heterocycles. The monoisotopic (exact) mass is 252 g/mol. The van der Waals surface area contributed by atoms with Crippen LogP contribution in [0, 0.1) is 12.7 Å². The van der Waals surface area contributed by atoms with Gasteiger partial charge in [0.1, 0.15) is 5.82 Å². The maximum atomic E-state index is 13.5. The highest BCUT2D eigenvalue weighted by atomic mass is 19.1. The maximum absolute atomic E-state index is 13.5. The van der Waals surface area contributed by atoms with Gasteiger partial charge in [0, 0.05) is 23.4 Å². The van der Waals surface area contributed by atoms with Crippen molar-refractivity contribution in [3.63, 3.8) is 0 Å². The van der Waals surface area contributed by atoms with Gasteiger partial charge in [0.2, 0.25) is 0 Å². The average molecular weight is 252 g/mol. The molecule has 1 fully saturated rings. The molecule has 1 aliphatic heterocycles. The molecule has 0 spiro atoms. The minimum atomic E-state index is -0.458. The third kappa shape index (κ3) is 2.79. The maximum Gasteiger partial charge on any atom is 0.251 e. The molecule has 0 bridgehead atoms. The quantitative estimate of drug-likeness (QED) is 0.786. The van der Waals surface area contributed by atoms with Crippen molar-refractivity contribution in [1.29, 1.82) is 0 Å². The zero-order chi connectivity index (χ0) is 13.1. The highest BCUT2D eigenvalue weighted by Gasteiger charge is 2.18. The van der Waals surface area contributed by atoms with Gasteiger partial charge in [-0.05, 0) is 31.9 Å². The van der Waals surface area contributed by atoms with Crippen LogP contribution in [0.4, 0.5) is 10.1 Å². The lowest BCUT2D eigenvalue weighted by molar-refractivity contribution is 0.0624. The van der Waals surface area contributed by atoms with E-state index in [1.165, 1.54) is 12.1 Å². The molecule has 0 saturated carbocycles. The number of nitrogen functional groups attached to an aromatic ring is 1. The summed E-state index contributed by atoms with van der Waals surface area (Å²) in [6.07, 6.45) is 1.81. The first-order valence-electron chi connectivity index (χ1n) is 6.02. The van der Waals surface area contributed by atoms with Gasteiger partial charge in [-0.2, -0.15) is 0 Å². The first-order chi connectivity index (χ1) is 8.58. The van der Waals surface area contributed by atoms with E-state index < -0.39 is 5.82 Å². The lowest BCUT2D eigenvalue weighted by atomic mass is 10.1. The Morgan fingerprint density at radius 1 is 1.56 bits per heavy atom. The zero-order valence-electron chi connectivity index (χ0n) is 10.3. The van der Waals surface area contributed by atoms with E-state index in [2.05, 4.69) is 5.32 Å². The molecule has 1 heterocycles. The fourth-order valence-corrected chi connectivity index (χ4v) is 1.95. The molecule has 18 heavy (non-hydrogen) atoms. The molecule has 1 aromatic rings. The van der Waals surface area contributed by atoms with Gasteiger partial charge in [0.05, 0.1) is 12.6 Å². The number of carbonyl (C=O) groups excluding carboxylic acids is 1. The zero-order valence-corrected chi connectivity index (χ0v) is 10.3. The van der Waals surface area contributed by atoms with E-state index in [0.717, 1.165) is 19.4 Å². The minimum absolute atomic E-state index is 0.00293. The van der Waals surface area contributed by atoms with Crippen LogP contribution in [-0.4, -0.2) is 25.2 Å². The Kier molecular flexibility index (Phi) is 3.81. The summed E-state index contributed by atoms with van der Waals surface area (Å²) in [5.41, 5.74) is 6.56. The molecule has 98 valence electrons. The number of nitrogens with one attached hydrogen (secondary N) is 1. The second kappa shape index (κ2) is 5.35. The van der Waals surface area contributed by atoms with E-state index in [1.54, 1.807) is 6.92 Å². The van der Waals surface area contributed by atoms with E-state index in [9.17, 15) is 9.18 Å². The summed E-state index contributed by atoms with van der Waals surface area (Å²) in [7, 11) is 0. The molecule has 0 aromatic heterocycles. The Bertz CT molecular complexity index is 433. The molecule has 2 rings (SSSR count). The molecular weight excluding hydrogens is 235 g/mol. The molecule has 5 heteroatoms. The number of nitrogens with two attached hydrogens (primary N) is 1. The lowest BCUT2D eigenvalue weighted by Crippen LogP contribution is -2.40. The van der Waals surface area contributed by atoms with Gasteiger partial charge in [0.25, 0.3) is 5.91 Å². The smallest absolute Gasteiger partial charge is 0.251 e. The third-order valence-electron chi connectivity index (χ3n) is 3.14. The minimum Gasteiger partial charge on any atom is -0.398 e. The van der Waals surface area contributed by atoms with Crippen molar-refractivity contribution in [3.05, 3.63) is 29.1 Å². The largest absolute Gasteiger partial charge is 0.398 e. The number of benzene rings is 1. The van der Waals surface area contributed by atoms with Gasteiger partial charge in [-0.1, -0.05) is 0 Å². The molecule has 1 aliphatic rings. The van der Waals surface area contributed by atoms with E-state index >= 15 is 0 Å². The summed E-state index contributed by atoms with van der Waals surface area (Å²) in [6.45, 7) is 2.83. The van der Waals surface area contributed by atoms with Crippen LogP contribution in [0.3, 0.4) is 0 Å². The number of amides is 1. The first kappa shape index (κ1) is 12.8. The van der Waals surface area contributed by atoms with Gasteiger partial charge in [-0.25, -0.2) is 4.39 Å². The van der Waals surface area contributed by atoms with Gasteiger partial charge in [-0.15, -0.1) is 0 Å². The molecular formula is C13H17FN2O2. The highest BCUT2D eigenvalue weighted by Crippen LogP contribution is 2.18. The Morgan fingerprint density at radius 2 is 2.33 bits per heavy atom. The number of anilines is 1. The van der Waals surface area contributed by atoms with Crippen LogP contribution in [0.1, 0.15) is 28.8 Å². The second-order valence-corrected chi connectivity index (χ2v) is 4.56. The van der Waals surface area contributed by atoms with Crippen LogP contribution in [0.25, 0.3) is 0 Å². The summed E-state index contributed by atoms with van der Waals surface area (Å²) in [6, 6.07) is 2.71. The molecule has 1 amide bonds. The topological polar surface area (TPSA) is 64.4 Å². The molecule has 1 atom stereocenters. The van der Waals surface area contributed by atoms with Crippen LogP contribution < -0.4 is 11.1 Å². The Balaban J connectivity index is 2.08. The Labute approximate surface area is 105 Å². The van der Waals surface area contributed by atoms with Gasteiger partial charge in [-0.3, -0.25) is 4.79 Å². The number of hydrogen-bond donors (Lipinski definition) is 2. The Hall–Kier alpha value is -1.62. The standard InChI is InChI=1S/C13H17FN2O2/c1-8-11(14)5-9(6-12(8)15)13(17)16-10-3-2-4-18-7-10/h5-6,10H,2-4,7,15H2,1H3,(H,16,17). The first-order valence-corrected chi connectivity index (χ1v) is 6.02.